The zero-order chi connectivity index (χ0) is 25.0. The molecule has 35 heavy (non-hydrogen) atoms. The minimum absolute atomic E-state index is 0.283. The van der Waals surface area contributed by atoms with Gasteiger partial charge in [0.15, 0.2) is 5.75 Å². The molecule has 5 rings (SSSR count). The summed E-state index contributed by atoms with van der Waals surface area (Å²) in [5, 5.41) is 8.49. The molecule has 0 fully saturated rings. The minimum atomic E-state index is -4.48. The Morgan fingerprint density at radius 3 is 2.60 bits per heavy atom. The summed E-state index contributed by atoms with van der Waals surface area (Å²) < 4.78 is 62.8. The van der Waals surface area contributed by atoms with Crippen LogP contribution in [0.5, 0.6) is 5.75 Å². The van der Waals surface area contributed by atoms with Crippen LogP contribution < -0.4 is 9.64 Å². The SMILES string of the molecule is Cc1nnc2nc(N3CCCOc4c(C#CC(C)(C)C(F)(F)F)cccc43)c3c(F)cccc3n12. The lowest BCUT2D eigenvalue weighted by molar-refractivity contribution is -0.190. The van der Waals surface area contributed by atoms with Crippen molar-refractivity contribution in [2.45, 2.75) is 33.4 Å². The molecule has 1 aliphatic heterocycles. The van der Waals surface area contributed by atoms with E-state index in [0.29, 0.717) is 59.5 Å². The fourth-order valence-electron chi connectivity index (χ4n) is 3.99. The quantitative estimate of drug-likeness (QED) is 0.261. The second-order valence-electron chi connectivity index (χ2n) is 8.83. The van der Waals surface area contributed by atoms with Crippen molar-refractivity contribution in [2.24, 2.45) is 5.41 Å². The Kier molecular flexibility index (Phi) is 5.31. The minimum Gasteiger partial charge on any atom is -0.490 e. The van der Waals surface area contributed by atoms with Gasteiger partial charge >= 0.3 is 6.18 Å². The number of para-hydroxylation sites is 1. The molecule has 0 N–H and O–H groups in total. The summed E-state index contributed by atoms with van der Waals surface area (Å²) in [4.78, 5) is 6.43. The van der Waals surface area contributed by atoms with Crippen molar-refractivity contribution in [1.29, 1.82) is 0 Å². The number of anilines is 2. The molecule has 0 bridgehead atoms. The zero-order valence-electron chi connectivity index (χ0n) is 19.2. The van der Waals surface area contributed by atoms with E-state index in [0.717, 1.165) is 13.8 Å². The number of rotatable bonds is 1. The first kappa shape index (κ1) is 22.9. The molecular formula is C25H21F4N5O. The van der Waals surface area contributed by atoms with Crippen LogP contribution in [0.1, 0.15) is 31.7 Å². The second kappa shape index (κ2) is 8.12. The molecule has 180 valence electrons. The standard InChI is InChI=1S/C25H21F4N5O/c1-15-31-32-23-30-22(20-17(26)8-5-9-18(20)34(15)23)33-13-6-14-35-21-16(7-4-10-19(21)33)11-12-24(2,3)25(27,28)29/h4-5,7-10H,6,13-14H2,1-3H3. The highest BCUT2D eigenvalue weighted by atomic mass is 19.4. The molecule has 0 atom stereocenters. The Hall–Kier alpha value is -3.87. The molecule has 0 radical (unpaired) electrons. The van der Waals surface area contributed by atoms with E-state index in [1.54, 1.807) is 46.6 Å². The summed E-state index contributed by atoms with van der Waals surface area (Å²) >= 11 is 0. The van der Waals surface area contributed by atoms with Crippen LogP contribution in [-0.4, -0.2) is 38.9 Å². The van der Waals surface area contributed by atoms with Gasteiger partial charge < -0.3 is 9.64 Å². The molecule has 0 aliphatic carbocycles. The third-order valence-electron chi connectivity index (χ3n) is 6.00. The van der Waals surface area contributed by atoms with Gasteiger partial charge in [-0.3, -0.25) is 4.40 Å². The van der Waals surface area contributed by atoms with Crippen LogP contribution in [0.25, 0.3) is 16.7 Å². The number of benzene rings is 2. The number of ether oxygens (including phenoxy) is 1. The maximum Gasteiger partial charge on any atom is 0.404 e. The van der Waals surface area contributed by atoms with Crippen molar-refractivity contribution >= 4 is 28.2 Å². The third kappa shape index (κ3) is 3.81. The van der Waals surface area contributed by atoms with Gasteiger partial charge in [0.25, 0.3) is 5.78 Å². The van der Waals surface area contributed by atoms with Gasteiger partial charge in [0.05, 0.1) is 28.8 Å². The topological polar surface area (TPSA) is 55.5 Å². The van der Waals surface area contributed by atoms with Crippen LogP contribution in [0.3, 0.4) is 0 Å². The average molecular weight is 483 g/mol. The van der Waals surface area contributed by atoms with Crippen molar-refractivity contribution in [2.75, 3.05) is 18.1 Å². The number of nitrogens with zero attached hydrogens (tertiary/aromatic N) is 5. The van der Waals surface area contributed by atoms with Gasteiger partial charge in [0, 0.05) is 6.54 Å². The number of fused-ring (bicyclic) bond motifs is 4. The second-order valence-corrected chi connectivity index (χ2v) is 8.83. The Morgan fingerprint density at radius 1 is 1.06 bits per heavy atom. The lowest BCUT2D eigenvalue weighted by Gasteiger charge is -2.25. The smallest absolute Gasteiger partial charge is 0.404 e. The molecular weight excluding hydrogens is 462 g/mol. The van der Waals surface area contributed by atoms with Crippen molar-refractivity contribution in [3.63, 3.8) is 0 Å². The summed E-state index contributed by atoms with van der Waals surface area (Å²) in [6, 6.07) is 9.78. The highest BCUT2D eigenvalue weighted by Crippen LogP contribution is 2.41. The molecule has 6 nitrogen and oxygen atoms in total. The molecule has 2 aromatic carbocycles. The summed E-state index contributed by atoms with van der Waals surface area (Å²) in [7, 11) is 0. The van der Waals surface area contributed by atoms with E-state index in [9.17, 15) is 13.2 Å². The maximum absolute atomic E-state index is 15.2. The Bertz CT molecular complexity index is 1510. The fourth-order valence-corrected chi connectivity index (χ4v) is 3.99. The van der Waals surface area contributed by atoms with Gasteiger partial charge in [0.2, 0.25) is 0 Å². The first-order valence-electron chi connectivity index (χ1n) is 11.0. The number of aromatic nitrogens is 4. The maximum atomic E-state index is 15.2. The number of aryl methyl sites for hydroxylation is 1. The predicted molar refractivity (Wildman–Crippen MR) is 123 cm³/mol. The van der Waals surface area contributed by atoms with Gasteiger partial charge in [-0.15, -0.1) is 10.2 Å². The highest BCUT2D eigenvalue weighted by Gasteiger charge is 2.46. The Labute approximate surface area is 198 Å². The van der Waals surface area contributed by atoms with E-state index >= 15 is 4.39 Å². The number of halogens is 4. The molecule has 2 aromatic heterocycles. The molecule has 0 saturated heterocycles. The van der Waals surface area contributed by atoms with Crippen molar-refractivity contribution in [3.8, 4) is 17.6 Å². The van der Waals surface area contributed by atoms with Gasteiger partial charge in [-0.05, 0) is 51.5 Å². The lowest BCUT2D eigenvalue weighted by atomic mass is 9.93. The zero-order valence-corrected chi connectivity index (χ0v) is 19.2. The monoisotopic (exact) mass is 483 g/mol. The van der Waals surface area contributed by atoms with E-state index in [2.05, 4.69) is 27.0 Å². The molecule has 4 aromatic rings. The van der Waals surface area contributed by atoms with Crippen LogP contribution in [-0.2, 0) is 0 Å². The van der Waals surface area contributed by atoms with Gasteiger partial charge in [-0.2, -0.15) is 18.2 Å². The Balaban J connectivity index is 1.72. The summed E-state index contributed by atoms with van der Waals surface area (Å²) in [5.41, 5.74) is -0.785. The van der Waals surface area contributed by atoms with E-state index in [1.807, 2.05) is 0 Å². The molecule has 0 spiro atoms. The highest BCUT2D eigenvalue weighted by molar-refractivity contribution is 5.95. The molecule has 0 amide bonds. The molecule has 0 unspecified atom stereocenters. The van der Waals surface area contributed by atoms with Crippen LogP contribution >= 0.6 is 0 Å². The van der Waals surface area contributed by atoms with Crippen molar-refractivity contribution in [3.05, 3.63) is 53.6 Å². The van der Waals surface area contributed by atoms with Crippen LogP contribution in [0, 0.1) is 30.0 Å². The van der Waals surface area contributed by atoms with E-state index in [4.69, 9.17) is 4.74 Å². The van der Waals surface area contributed by atoms with Crippen LogP contribution in [0.15, 0.2) is 36.4 Å². The van der Waals surface area contributed by atoms with Gasteiger partial charge in [0.1, 0.15) is 22.9 Å². The number of hydrogen-bond acceptors (Lipinski definition) is 5. The summed E-state index contributed by atoms with van der Waals surface area (Å²) in [6.45, 7) is 4.58. The largest absolute Gasteiger partial charge is 0.490 e. The Morgan fingerprint density at radius 2 is 1.83 bits per heavy atom. The molecule has 10 heteroatoms. The molecule has 0 saturated carbocycles. The van der Waals surface area contributed by atoms with E-state index in [-0.39, 0.29) is 5.39 Å². The van der Waals surface area contributed by atoms with Crippen LogP contribution in [0.4, 0.5) is 29.1 Å². The third-order valence-corrected chi connectivity index (χ3v) is 6.00. The fraction of sp³-hybridized carbons (Fsp3) is 0.320. The molecule has 1 aliphatic rings. The number of hydrogen-bond donors (Lipinski definition) is 0. The van der Waals surface area contributed by atoms with Crippen LogP contribution in [0.2, 0.25) is 0 Å². The van der Waals surface area contributed by atoms with Crippen molar-refractivity contribution in [1.82, 2.24) is 19.6 Å². The van der Waals surface area contributed by atoms with E-state index < -0.39 is 17.4 Å². The first-order valence-corrected chi connectivity index (χ1v) is 11.0. The first-order chi connectivity index (χ1) is 16.6. The van der Waals surface area contributed by atoms with Gasteiger partial charge in [-0.25, -0.2) is 4.39 Å². The normalized spacial score (nSPS) is 14.3. The van der Waals surface area contributed by atoms with Crippen molar-refractivity contribution < 1.29 is 22.3 Å². The predicted octanol–water partition coefficient (Wildman–Crippen LogP) is 5.59. The average Bonchev–Trinajstić information content (AvgIpc) is 3.04. The number of alkyl halides is 3. The lowest BCUT2D eigenvalue weighted by Crippen LogP contribution is -2.30. The van der Waals surface area contributed by atoms with E-state index in [1.165, 1.54) is 6.07 Å². The summed E-state index contributed by atoms with van der Waals surface area (Å²) in [5.74, 6) is 6.07. The molecule has 3 heterocycles. The van der Waals surface area contributed by atoms with Gasteiger partial charge in [-0.1, -0.05) is 24.0 Å². The summed E-state index contributed by atoms with van der Waals surface area (Å²) in [6.07, 6.45) is -3.91.